The Balaban J connectivity index is 1.38. The summed E-state index contributed by atoms with van der Waals surface area (Å²) in [5.74, 6) is 0.777. The highest BCUT2D eigenvalue weighted by molar-refractivity contribution is 7.27. The lowest BCUT2D eigenvalue weighted by atomic mass is 9.94. The van der Waals surface area contributed by atoms with Crippen LogP contribution in [0.3, 0.4) is 0 Å². The number of nitrogens with zero attached hydrogens (tertiary/aromatic N) is 2. The zero-order chi connectivity index (χ0) is 41.8. The fourth-order valence-corrected chi connectivity index (χ4v) is 12.8. The summed E-state index contributed by atoms with van der Waals surface area (Å²) in [4.78, 5) is 39.8. The first kappa shape index (κ1) is 42.6. The number of unbranched alkanes of at least 4 members (excludes halogenated alkanes) is 2. The van der Waals surface area contributed by atoms with Crippen LogP contribution in [0.1, 0.15) is 133 Å². The standard InChI is InChI=1S/C47H59N3O4S4/c1-10-14-16-26(12-3)24-49-38(31-19-18-30(55-31)33-22-28-40(51)43-29(41(52)42(28)57-33)23-35(58-43)46(5,6)7)36-37(45(49)54)39(32-20-21-34(56-32)47(8,9)48)50(44(36)53)25-27(13-4)17-15-11-2/h18-23,26-27,51-52H,10-17,24-25,48H2,1-9H3. The van der Waals surface area contributed by atoms with Gasteiger partial charge in [-0.25, -0.2) is 0 Å². The van der Waals surface area contributed by atoms with Crippen molar-refractivity contribution in [1.82, 2.24) is 9.80 Å². The van der Waals surface area contributed by atoms with E-state index < -0.39 is 5.54 Å². The number of rotatable bonds is 16. The molecule has 0 bridgehead atoms. The molecule has 6 heterocycles. The average Bonchev–Trinajstić information content (AvgIpc) is 4.03. The lowest BCUT2D eigenvalue weighted by Crippen LogP contribution is -2.34. The predicted octanol–water partition coefficient (Wildman–Crippen LogP) is 13.0. The van der Waals surface area contributed by atoms with Crippen molar-refractivity contribution >= 4 is 88.7 Å². The largest absolute Gasteiger partial charge is 0.506 e. The second-order valence-electron chi connectivity index (χ2n) is 17.8. The Morgan fingerprint density at radius 3 is 1.59 bits per heavy atom. The Labute approximate surface area is 359 Å². The number of phenols is 2. The Bertz CT molecular complexity index is 2370. The van der Waals surface area contributed by atoms with E-state index in [2.05, 4.69) is 54.5 Å². The highest BCUT2D eigenvalue weighted by Gasteiger charge is 2.50. The lowest BCUT2D eigenvalue weighted by Gasteiger charge is -2.29. The van der Waals surface area contributed by atoms with Crippen LogP contribution in [-0.4, -0.2) is 44.9 Å². The Morgan fingerprint density at radius 2 is 1.10 bits per heavy atom. The van der Waals surface area contributed by atoms with Crippen LogP contribution in [0.4, 0.5) is 0 Å². The lowest BCUT2D eigenvalue weighted by molar-refractivity contribution is -0.124. The molecule has 0 saturated heterocycles. The van der Waals surface area contributed by atoms with Gasteiger partial charge in [-0.2, -0.15) is 0 Å². The number of amides is 2. The number of benzene rings is 1. The van der Waals surface area contributed by atoms with Crippen LogP contribution < -0.4 is 5.73 Å². The van der Waals surface area contributed by atoms with Gasteiger partial charge in [0, 0.05) is 48.9 Å². The highest BCUT2D eigenvalue weighted by atomic mass is 32.1. The van der Waals surface area contributed by atoms with Crippen molar-refractivity contribution in [3.05, 3.63) is 67.1 Å². The van der Waals surface area contributed by atoms with Crippen molar-refractivity contribution in [2.45, 2.75) is 125 Å². The molecular formula is C47H59N3O4S4. The van der Waals surface area contributed by atoms with E-state index >= 15 is 9.59 Å². The molecule has 58 heavy (non-hydrogen) atoms. The maximum Gasteiger partial charge on any atom is 0.261 e. The summed E-state index contributed by atoms with van der Waals surface area (Å²) >= 11 is 6.11. The summed E-state index contributed by atoms with van der Waals surface area (Å²) in [5, 5.41) is 24.4. The molecule has 2 aliphatic heterocycles. The van der Waals surface area contributed by atoms with E-state index in [1.807, 2.05) is 54.0 Å². The maximum absolute atomic E-state index is 15.1. The summed E-state index contributed by atoms with van der Waals surface area (Å²) in [6.07, 6.45) is 8.27. The van der Waals surface area contributed by atoms with Gasteiger partial charge in [-0.1, -0.05) is 87.0 Å². The number of hydrogen-bond donors (Lipinski definition) is 3. The monoisotopic (exact) mass is 857 g/mol. The van der Waals surface area contributed by atoms with Crippen molar-refractivity contribution in [2.75, 3.05) is 13.1 Å². The van der Waals surface area contributed by atoms with Crippen molar-refractivity contribution in [2.24, 2.45) is 17.6 Å². The van der Waals surface area contributed by atoms with Gasteiger partial charge in [-0.05, 0) is 80.3 Å². The molecule has 4 N–H and O–H groups in total. The number of nitrogens with two attached hydrogens (primary N) is 1. The Kier molecular flexibility index (Phi) is 12.1. The Morgan fingerprint density at radius 1 is 0.621 bits per heavy atom. The van der Waals surface area contributed by atoms with E-state index in [1.54, 1.807) is 22.7 Å². The first-order valence-electron chi connectivity index (χ1n) is 21.1. The fourth-order valence-electron chi connectivity index (χ4n) is 8.24. The normalized spacial score (nSPS) is 16.3. The van der Waals surface area contributed by atoms with Gasteiger partial charge >= 0.3 is 0 Å². The molecule has 2 atom stereocenters. The number of carbonyl (C=O) groups excluding carboxylic acids is 2. The van der Waals surface area contributed by atoms with Crippen LogP contribution in [0, 0.1) is 11.8 Å². The number of hydrogen-bond acceptors (Lipinski definition) is 9. The van der Waals surface area contributed by atoms with Gasteiger partial charge in [0.25, 0.3) is 11.8 Å². The van der Waals surface area contributed by atoms with Gasteiger partial charge in [-0.3, -0.25) is 9.59 Å². The van der Waals surface area contributed by atoms with Gasteiger partial charge in [-0.15, -0.1) is 45.3 Å². The first-order chi connectivity index (χ1) is 27.5. The maximum atomic E-state index is 15.1. The molecule has 310 valence electrons. The van der Waals surface area contributed by atoms with Crippen LogP contribution >= 0.6 is 45.3 Å². The van der Waals surface area contributed by atoms with Crippen LogP contribution in [-0.2, 0) is 20.5 Å². The van der Waals surface area contributed by atoms with Crippen LogP contribution in [0.2, 0.25) is 0 Å². The number of carbonyl (C=O) groups is 2. The molecule has 2 aliphatic rings. The smallest absolute Gasteiger partial charge is 0.261 e. The van der Waals surface area contributed by atoms with E-state index in [9.17, 15) is 10.2 Å². The summed E-state index contributed by atoms with van der Waals surface area (Å²) in [6, 6.07) is 12.2. The quantitative estimate of drug-likeness (QED) is 0.0857. The van der Waals surface area contributed by atoms with E-state index in [0.717, 1.165) is 86.3 Å². The molecule has 0 aliphatic carbocycles. The minimum absolute atomic E-state index is 0.101. The molecule has 0 saturated carbocycles. The zero-order valence-electron chi connectivity index (χ0n) is 35.5. The predicted molar refractivity (Wildman–Crippen MR) is 248 cm³/mol. The highest BCUT2D eigenvalue weighted by Crippen LogP contribution is 2.54. The van der Waals surface area contributed by atoms with E-state index in [0.29, 0.717) is 61.9 Å². The fraction of sp³-hybridized carbons (Fsp3) is 0.489. The number of aromatic hydroxyl groups is 2. The van der Waals surface area contributed by atoms with Crippen molar-refractivity contribution in [1.29, 1.82) is 0 Å². The summed E-state index contributed by atoms with van der Waals surface area (Å²) in [7, 11) is 0. The summed E-state index contributed by atoms with van der Waals surface area (Å²) in [5.41, 5.74) is 8.37. The molecule has 1 aromatic carbocycles. The summed E-state index contributed by atoms with van der Waals surface area (Å²) < 4.78 is 1.34. The first-order valence-corrected chi connectivity index (χ1v) is 24.3. The molecule has 5 aromatic rings. The molecule has 0 radical (unpaired) electrons. The molecule has 2 amide bonds. The van der Waals surface area contributed by atoms with E-state index in [-0.39, 0.29) is 28.7 Å². The third-order valence-corrected chi connectivity index (χ3v) is 17.3. The topological polar surface area (TPSA) is 107 Å². The third-order valence-electron chi connectivity index (χ3n) is 11.9. The molecule has 0 spiro atoms. The zero-order valence-corrected chi connectivity index (χ0v) is 38.8. The minimum Gasteiger partial charge on any atom is -0.506 e. The van der Waals surface area contributed by atoms with E-state index in [1.165, 1.54) is 22.7 Å². The second-order valence-corrected chi connectivity index (χ2v) is 22.1. The number of fused-ring (bicyclic) bond motifs is 3. The Hall–Kier alpha value is -3.48. The molecule has 2 unspecified atom stereocenters. The average molecular weight is 858 g/mol. The van der Waals surface area contributed by atoms with Crippen LogP contribution in [0.15, 0.2) is 47.5 Å². The molecule has 11 heteroatoms. The number of thiophene rings is 4. The van der Waals surface area contributed by atoms with E-state index in [4.69, 9.17) is 5.73 Å². The van der Waals surface area contributed by atoms with Gasteiger partial charge in [0.1, 0.15) is 11.5 Å². The molecule has 7 rings (SSSR count). The molecule has 0 fully saturated rings. The molecular weight excluding hydrogens is 799 g/mol. The van der Waals surface area contributed by atoms with Crippen molar-refractivity contribution in [3.63, 3.8) is 0 Å². The second kappa shape index (κ2) is 16.5. The van der Waals surface area contributed by atoms with Crippen molar-refractivity contribution in [3.8, 4) is 21.3 Å². The molecule has 7 nitrogen and oxygen atoms in total. The minimum atomic E-state index is -0.559. The van der Waals surface area contributed by atoms with Gasteiger partial charge in [0.15, 0.2) is 0 Å². The van der Waals surface area contributed by atoms with Crippen LogP contribution in [0.5, 0.6) is 11.5 Å². The van der Waals surface area contributed by atoms with Crippen LogP contribution in [0.25, 0.3) is 41.3 Å². The molecule has 4 aromatic heterocycles. The van der Waals surface area contributed by atoms with Gasteiger partial charge in [0.05, 0.1) is 41.7 Å². The van der Waals surface area contributed by atoms with Crippen molar-refractivity contribution < 1.29 is 19.8 Å². The third kappa shape index (κ3) is 7.70. The summed E-state index contributed by atoms with van der Waals surface area (Å²) in [6.45, 7) is 20.3. The van der Waals surface area contributed by atoms with Gasteiger partial charge < -0.3 is 25.7 Å². The van der Waals surface area contributed by atoms with Gasteiger partial charge in [0.2, 0.25) is 0 Å². The SMILES string of the molecule is CCCCC(CC)CN1C(=O)C2=C(c3ccc(C(C)(C)N)s3)N(CC(CC)CCCC)C(=O)C2=C1c1ccc(-c2cc3c(O)c4sc(C(C)(C)C)cc4c(O)c3s2)s1. The number of phenolic OH excluding ortho intramolecular Hbond substituents is 2.